The molecule has 1 rings (SSSR count). The van der Waals surface area contributed by atoms with Crippen molar-refractivity contribution in [1.29, 1.82) is 0 Å². The lowest BCUT2D eigenvalue weighted by Gasteiger charge is -2.24. The third kappa shape index (κ3) is 3.05. The van der Waals surface area contributed by atoms with Crippen LogP contribution in [-0.4, -0.2) is 77.7 Å². The van der Waals surface area contributed by atoms with Crippen LogP contribution in [0.2, 0.25) is 0 Å². The number of carbonyl (C=O) groups is 1. The van der Waals surface area contributed by atoms with Gasteiger partial charge >= 0.3 is 0 Å². The van der Waals surface area contributed by atoms with E-state index in [0.29, 0.717) is 0 Å². The molecule has 0 fully saturated rings. The number of carbonyl (C=O) groups excluding carboxylic acids is 1. The maximum absolute atomic E-state index is 11.5. The maximum Gasteiger partial charge on any atom is 0.215 e. The summed E-state index contributed by atoms with van der Waals surface area (Å²) in [5, 5.41) is 54.6. The molecule has 1 aromatic heterocycles. The Morgan fingerprint density at radius 3 is 2.41 bits per heavy atom. The molecule has 0 aliphatic carbocycles. The zero-order chi connectivity index (χ0) is 13.0. The lowest BCUT2D eigenvalue weighted by Crippen LogP contribution is -2.48. The summed E-state index contributed by atoms with van der Waals surface area (Å²) in [5.41, 5.74) is -0.220. The summed E-state index contributed by atoms with van der Waals surface area (Å²) < 4.78 is 0. The molecule has 0 aliphatic heterocycles. The van der Waals surface area contributed by atoms with Gasteiger partial charge in [0.05, 0.1) is 12.8 Å². The van der Waals surface area contributed by atoms with Crippen LogP contribution in [0.1, 0.15) is 10.5 Å². The number of ketones is 1. The number of hydrogen-bond donors (Lipinski definition) is 6. The van der Waals surface area contributed by atoms with E-state index in [1.807, 2.05) is 0 Å². The first-order valence-electron chi connectivity index (χ1n) is 4.72. The van der Waals surface area contributed by atoms with Gasteiger partial charge < -0.3 is 25.5 Å². The first-order valence-corrected chi connectivity index (χ1v) is 4.72. The fourth-order valence-corrected chi connectivity index (χ4v) is 1.15. The highest BCUT2D eigenvalue weighted by atomic mass is 16.4. The number of nitrogens with zero attached hydrogens (tertiary/aromatic N) is 2. The molecule has 0 spiro atoms. The Morgan fingerprint density at radius 1 is 1.29 bits per heavy atom. The molecule has 9 heteroatoms. The van der Waals surface area contributed by atoms with Crippen LogP contribution in [0, 0.1) is 0 Å². The Balaban J connectivity index is 2.69. The second-order valence-electron chi connectivity index (χ2n) is 3.40. The van der Waals surface area contributed by atoms with Crippen molar-refractivity contribution in [3.63, 3.8) is 0 Å². The summed E-state index contributed by atoms with van der Waals surface area (Å²) in [5.74, 6) is -0.963. The van der Waals surface area contributed by atoms with Gasteiger partial charge in [0, 0.05) is 0 Å². The van der Waals surface area contributed by atoms with Gasteiger partial charge in [0.25, 0.3) is 0 Å². The predicted octanol–water partition coefficient (Wildman–Crippen LogP) is -3.58. The Labute approximate surface area is 95.3 Å². The topological polar surface area (TPSA) is 160 Å². The third-order valence-corrected chi connectivity index (χ3v) is 2.19. The highest BCUT2D eigenvalue weighted by molar-refractivity contribution is 5.97. The molecule has 96 valence electrons. The van der Waals surface area contributed by atoms with Crippen LogP contribution in [0.3, 0.4) is 0 Å². The van der Waals surface area contributed by atoms with Crippen LogP contribution >= 0.6 is 0 Å². The summed E-state index contributed by atoms with van der Waals surface area (Å²) in [7, 11) is 0. The molecule has 0 amide bonds. The van der Waals surface area contributed by atoms with Gasteiger partial charge in [-0.2, -0.15) is 15.4 Å². The molecule has 0 saturated carbocycles. The second-order valence-corrected chi connectivity index (χ2v) is 3.40. The van der Waals surface area contributed by atoms with E-state index in [-0.39, 0.29) is 5.69 Å². The number of nitrogens with one attached hydrogen (secondary N) is 1. The minimum absolute atomic E-state index is 0.220. The Bertz CT molecular complexity index is 356. The minimum Gasteiger partial charge on any atom is -0.394 e. The SMILES string of the molecule is O=C(c1cn[nH]n1)[C@H](O)[C@@H](O)[C@H](O)[C@H](O)CO. The molecule has 0 bridgehead atoms. The van der Waals surface area contributed by atoms with Gasteiger partial charge in [-0.1, -0.05) is 0 Å². The first kappa shape index (κ1) is 13.7. The van der Waals surface area contributed by atoms with E-state index in [9.17, 15) is 20.1 Å². The van der Waals surface area contributed by atoms with Crippen LogP contribution in [0.15, 0.2) is 6.20 Å². The number of aromatic amines is 1. The van der Waals surface area contributed by atoms with Gasteiger partial charge in [-0.25, -0.2) is 0 Å². The van der Waals surface area contributed by atoms with Gasteiger partial charge in [0.2, 0.25) is 5.78 Å². The van der Waals surface area contributed by atoms with Crippen LogP contribution in [0.5, 0.6) is 0 Å². The van der Waals surface area contributed by atoms with Gasteiger partial charge in [0.15, 0.2) is 5.69 Å². The quantitative estimate of drug-likeness (QED) is 0.281. The molecule has 1 aromatic rings. The van der Waals surface area contributed by atoms with Crippen molar-refractivity contribution in [1.82, 2.24) is 15.4 Å². The highest BCUT2D eigenvalue weighted by Gasteiger charge is 2.35. The minimum atomic E-state index is -1.98. The number of rotatable bonds is 6. The van der Waals surface area contributed by atoms with Gasteiger partial charge in [-0.3, -0.25) is 4.79 Å². The van der Waals surface area contributed by atoms with E-state index in [2.05, 4.69) is 15.4 Å². The average molecular weight is 247 g/mol. The number of aliphatic hydroxyl groups is 5. The molecule has 9 nitrogen and oxygen atoms in total. The smallest absolute Gasteiger partial charge is 0.215 e. The van der Waals surface area contributed by atoms with Crippen molar-refractivity contribution in [3.8, 4) is 0 Å². The van der Waals surface area contributed by atoms with Crippen molar-refractivity contribution < 1.29 is 30.3 Å². The van der Waals surface area contributed by atoms with Crippen LogP contribution in [0.4, 0.5) is 0 Å². The van der Waals surface area contributed by atoms with Gasteiger partial charge in [0.1, 0.15) is 24.4 Å². The van der Waals surface area contributed by atoms with E-state index in [4.69, 9.17) is 10.2 Å². The second kappa shape index (κ2) is 5.80. The zero-order valence-corrected chi connectivity index (χ0v) is 8.63. The standard InChI is InChI=1S/C8H13N3O6/c12-2-4(13)6(15)8(17)7(16)5(14)3-1-9-11-10-3/h1,4,6-8,12-13,15-17H,2H2,(H,9,10,11)/t4-,6-,7+,8+/m1/s1. The van der Waals surface area contributed by atoms with E-state index in [1.165, 1.54) is 0 Å². The summed E-state index contributed by atoms with van der Waals surface area (Å²) in [4.78, 5) is 11.5. The molecule has 0 radical (unpaired) electrons. The van der Waals surface area contributed by atoms with E-state index in [0.717, 1.165) is 6.20 Å². The van der Waals surface area contributed by atoms with Crippen LogP contribution in [0.25, 0.3) is 0 Å². The maximum atomic E-state index is 11.5. The normalized spacial score (nSPS) is 18.4. The molecule has 0 aromatic carbocycles. The predicted molar refractivity (Wildman–Crippen MR) is 51.8 cm³/mol. The Hall–Kier alpha value is -1.39. The lowest BCUT2D eigenvalue weighted by atomic mass is 9.99. The fraction of sp³-hybridized carbons (Fsp3) is 0.625. The van der Waals surface area contributed by atoms with E-state index >= 15 is 0 Å². The Kier molecular flexibility index (Phi) is 4.66. The van der Waals surface area contributed by atoms with E-state index in [1.54, 1.807) is 0 Å². The molecule has 0 saturated heterocycles. The zero-order valence-electron chi connectivity index (χ0n) is 8.63. The van der Waals surface area contributed by atoms with Gasteiger partial charge in [-0.05, 0) is 0 Å². The van der Waals surface area contributed by atoms with Crippen molar-refractivity contribution in [2.75, 3.05) is 6.61 Å². The number of H-pyrrole nitrogens is 1. The average Bonchev–Trinajstić information content (AvgIpc) is 2.87. The van der Waals surface area contributed by atoms with Crippen molar-refractivity contribution in [2.45, 2.75) is 24.4 Å². The summed E-state index contributed by atoms with van der Waals surface area (Å²) >= 11 is 0. The lowest BCUT2D eigenvalue weighted by molar-refractivity contribution is -0.105. The van der Waals surface area contributed by atoms with Crippen LogP contribution < -0.4 is 0 Å². The molecule has 0 unspecified atom stereocenters. The molecular formula is C8H13N3O6. The monoisotopic (exact) mass is 247 g/mol. The highest BCUT2D eigenvalue weighted by Crippen LogP contribution is 2.09. The first-order chi connectivity index (χ1) is 7.99. The number of aliphatic hydroxyl groups excluding tert-OH is 5. The van der Waals surface area contributed by atoms with Crippen molar-refractivity contribution >= 4 is 5.78 Å². The number of hydrogen-bond acceptors (Lipinski definition) is 8. The summed E-state index contributed by atoms with van der Waals surface area (Å²) in [6.45, 7) is -0.816. The summed E-state index contributed by atoms with van der Waals surface area (Å²) in [6, 6.07) is 0. The summed E-state index contributed by atoms with van der Waals surface area (Å²) in [6.07, 6.45) is -6.40. The fourth-order valence-electron chi connectivity index (χ4n) is 1.15. The number of Topliss-reactive ketones (excluding diaryl/α,β-unsaturated/α-hetero) is 1. The van der Waals surface area contributed by atoms with Crippen molar-refractivity contribution in [2.24, 2.45) is 0 Å². The molecule has 1 heterocycles. The van der Waals surface area contributed by atoms with Crippen LogP contribution in [-0.2, 0) is 0 Å². The molecule has 6 N–H and O–H groups in total. The number of aromatic nitrogens is 3. The molecule has 4 atom stereocenters. The molecule has 0 aliphatic rings. The van der Waals surface area contributed by atoms with Gasteiger partial charge in [-0.15, -0.1) is 0 Å². The Morgan fingerprint density at radius 2 is 1.94 bits per heavy atom. The largest absolute Gasteiger partial charge is 0.394 e. The third-order valence-electron chi connectivity index (χ3n) is 2.19. The van der Waals surface area contributed by atoms with Crippen molar-refractivity contribution in [3.05, 3.63) is 11.9 Å². The molecular weight excluding hydrogens is 234 g/mol. The molecule has 17 heavy (non-hydrogen) atoms. The van der Waals surface area contributed by atoms with E-state index < -0.39 is 36.8 Å².